The van der Waals surface area contributed by atoms with Crippen LogP contribution in [0.25, 0.3) is 0 Å². The number of piperidine rings is 1. The fourth-order valence-electron chi connectivity index (χ4n) is 3.40. The van der Waals surface area contributed by atoms with Gasteiger partial charge in [0.25, 0.3) is 0 Å². The fourth-order valence-corrected chi connectivity index (χ4v) is 3.52. The molecule has 122 valence electrons. The van der Waals surface area contributed by atoms with Crippen LogP contribution in [0.5, 0.6) is 0 Å². The molecule has 0 atom stereocenters. The smallest absolute Gasteiger partial charge is 0.142 e. The molecule has 0 amide bonds. The zero-order valence-electron chi connectivity index (χ0n) is 13.5. The lowest BCUT2D eigenvalue weighted by Gasteiger charge is -2.41. The minimum Gasteiger partial charge on any atom is -0.306 e. The predicted octanol–water partition coefficient (Wildman–Crippen LogP) is 4.49. The van der Waals surface area contributed by atoms with E-state index in [2.05, 4.69) is 11.9 Å². The maximum Gasteiger partial charge on any atom is 0.142 e. The molecular weight excluding hydrogens is 301 g/mol. The van der Waals surface area contributed by atoms with E-state index in [0.29, 0.717) is 6.42 Å². The summed E-state index contributed by atoms with van der Waals surface area (Å²) in [6.45, 7) is 3.78. The van der Waals surface area contributed by atoms with Crippen LogP contribution in [0, 0.1) is 11.2 Å². The van der Waals surface area contributed by atoms with Crippen molar-refractivity contribution in [1.82, 2.24) is 4.90 Å². The Bertz CT molecular complexity index is 524. The predicted molar refractivity (Wildman–Crippen MR) is 88.8 cm³/mol. The average Bonchev–Trinajstić information content (AvgIpc) is 2.46. The summed E-state index contributed by atoms with van der Waals surface area (Å²) >= 11 is 5.78. The third kappa shape index (κ3) is 4.79. The van der Waals surface area contributed by atoms with Crippen molar-refractivity contribution >= 4 is 17.4 Å². The maximum absolute atomic E-state index is 13.7. The average molecular weight is 326 g/mol. The lowest BCUT2D eigenvalue weighted by molar-refractivity contribution is -0.117. The second-order valence-electron chi connectivity index (χ2n) is 6.78. The van der Waals surface area contributed by atoms with Gasteiger partial charge in [-0.2, -0.15) is 0 Å². The monoisotopic (exact) mass is 325 g/mol. The molecule has 0 unspecified atom stereocenters. The minimum absolute atomic E-state index is 0.178. The second-order valence-corrected chi connectivity index (χ2v) is 7.19. The lowest BCUT2D eigenvalue weighted by Crippen LogP contribution is -2.39. The topological polar surface area (TPSA) is 20.3 Å². The molecule has 22 heavy (non-hydrogen) atoms. The summed E-state index contributed by atoms with van der Waals surface area (Å²) in [5, 5.41) is 0.178. The molecule has 1 fully saturated rings. The number of nitrogens with zero attached hydrogens (tertiary/aromatic N) is 1. The van der Waals surface area contributed by atoms with Gasteiger partial charge in [0.1, 0.15) is 11.6 Å². The van der Waals surface area contributed by atoms with Crippen molar-refractivity contribution in [3.63, 3.8) is 0 Å². The van der Waals surface area contributed by atoms with Crippen molar-refractivity contribution in [2.24, 2.45) is 5.41 Å². The number of likely N-dealkylation sites (tertiary alicyclic amines) is 1. The van der Waals surface area contributed by atoms with E-state index >= 15 is 0 Å². The highest BCUT2D eigenvalue weighted by Crippen LogP contribution is 2.40. The largest absolute Gasteiger partial charge is 0.306 e. The van der Waals surface area contributed by atoms with Crippen LogP contribution in [0.4, 0.5) is 4.39 Å². The molecule has 0 bridgehead atoms. The molecular formula is C18H25ClFNO. The van der Waals surface area contributed by atoms with Gasteiger partial charge in [0.2, 0.25) is 0 Å². The summed E-state index contributed by atoms with van der Waals surface area (Å²) in [4.78, 5) is 13.5. The van der Waals surface area contributed by atoms with Gasteiger partial charge in [-0.1, -0.05) is 17.7 Å². The number of hydrogen-bond donors (Lipinski definition) is 0. The van der Waals surface area contributed by atoms with E-state index in [1.165, 1.54) is 0 Å². The standard InChI is InChI=1S/C18H25ClFNO/c1-14(22)4-3-7-18(8-10-21(2)11-9-18)13-15-5-6-16(19)17(20)12-15/h5-6,12H,3-4,7-11,13H2,1-2H3. The van der Waals surface area contributed by atoms with Crippen molar-refractivity contribution in [2.75, 3.05) is 20.1 Å². The molecule has 1 aliphatic rings. The molecule has 0 aromatic heterocycles. The number of Topliss-reactive ketones (excluding diaryl/α,β-unsaturated/α-hetero) is 1. The van der Waals surface area contributed by atoms with E-state index in [9.17, 15) is 9.18 Å². The first kappa shape index (κ1) is 17.4. The minimum atomic E-state index is -0.342. The van der Waals surface area contributed by atoms with Crippen LogP contribution in [0.3, 0.4) is 0 Å². The summed E-state index contributed by atoms with van der Waals surface area (Å²) in [7, 11) is 2.14. The highest BCUT2D eigenvalue weighted by Gasteiger charge is 2.33. The van der Waals surface area contributed by atoms with E-state index in [-0.39, 0.29) is 22.0 Å². The molecule has 1 aromatic rings. The van der Waals surface area contributed by atoms with Gasteiger partial charge in [0, 0.05) is 6.42 Å². The molecule has 1 saturated heterocycles. The van der Waals surface area contributed by atoms with Crippen LogP contribution >= 0.6 is 11.6 Å². The number of hydrogen-bond acceptors (Lipinski definition) is 2. The Morgan fingerprint density at radius 3 is 2.64 bits per heavy atom. The molecule has 1 aromatic carbocycles. The molecule has 1 heterocycles. The summed E-state index contributed by atoms with van der Waals surface area (Å²) in [6.07, 6.45) is 5.68. The van der Waals surface area contributed by atoms with E-state index in [1.54, 1.807) is 19.1 Å². The molecule has 2 rings (SSSR count). The quantitative estimate of drug-likeness (QED) is 0.768. The SMILES string of the molecule is CC(=O)CCCC1(Cc2ccc(Cl)c(F)c2)CCN(C)CC1. The Labute approximate surface area is 137 Å². The van der Waals surface area contributed by atoms with Crippen LogP contribution in [0.15, 0.2) is 18.2 Å². The summed E-state index contributed by atoms with van der Waals surface area (Å²) < 4.78 is 13.7. The third-order valence-electron chi connectivity index (χ3n) is 4.85. The molecule has 0 radical (unpaired) electrons. The van der Waals surface area contributed by atoms with Crippen molar-refractivity contribution in [3.05, 3.63) is 34.6 Å². The van der Waals surface area contributed by atoms with Gasteiger partial charge in [-0.3, -0.25) is 0 Å². The van der Waals surface area contributed by atoms with Crippen molar-refractivity contribution < 1.29 is 9.18 Å². The van der Waals surface area contributed by atoms with Crippen LogP contribution in [0.2, 0.25) is 5.02 Å². The van der Waals surface area contributed by atoms with Gasteiger partial charge in [0.15, 0.2) is 0 Å². The van der Waals surface area contributed by atoms with Crippen LogP contribution in [0.1, 0.15) is 44.6 Å². The zero-order chi connectivity index (χ0) is 16.2. The molecule has 0 spiro atoms. The van der Waals surface area contributed by atoms with Crippen LogP contribution in [-0.4, -0.2) is 30.8 Å². The molecule has 1 aliphatic heterocycles. The number of rotatable bonds is 6. The Morgan fingerprint density at radius 2 is 2.05 bits per heavy atom. The Balaban J connectivity index is 2.09. The molecule has 4 heteroatoms. The highest BCUT2D eigenvalue weighted by atomic mass is 35.5. The van der Waals surface area contributed by atoms with Crippen molar-refractivity contribution in [1.29, 1.82) is 0 Å². The van der Waals surface area contributed by atoms with Gasteiger partial charge in [-0.15, -0.1) is 0 Å². The van der Waals surface area contributed by atoms with Crippen LogP contribution < -0.4 is 0 Å². The van der Waals surface area contributed by atoms with Gasteiger partial charge >= 0.3 is 0 Å². The van der Waals surface area contributed by atoms with E-state index in [4.69, 9.17) is 11.6 Å². The number of benzene rings is 1. The number of halogens is 2. The first-order valence-electron chi connectivity index (χ1n) is 8.02. The van der Waals surface area contributed by atoms with Gasteiger partial charge in [0.05, 0.1) is 5.02 Å². The van der Waals surface area contributed by atoms with Gasteiger partial charge in [-0.25, -0.2) is 4.39 Å². The Hall–Kier alpha value is -0.930. The summed E-state index contributed by atoms with van der Waals surface area (Å²) in [5.41, 5.74) is 1.19. The van der Waals surface area contributed by atoms with E-state index in [1.807, 2.05) is 6.07 Å². The number of carbonyl (C=O) groups excluding carboxylic acids is 1. The molecule has 0 saturated carbocycles. The van der Waals surface area contributed by atoms with Gasteiger partial charge in [-0.05, 0) is 82.3 Å². The van der Waals surface area contributed by atoms with E-state index < -0.39 is 0 Å². The first-order valence-corrected chi connectivity index (χ1v) is 8.40. The van der Waals surface area contributed by atoms with E-state index in [0.717, 1.165) is 50.8 Å². The summed E-state index contributed by atoms with van der Waals surface area (Å²) in [6, 6.07) is 5.13. The lowest BCUT2D eigenvalue weighted by atomic mass is 9.70. The third-order valence-corrected chi connectivity index (χ3v) is 5.15. The zero-order valence-corrected chi connectivity index (χ0v) is 14.3. The molecule has 2 nitrogen and oxygen atoms in total. The molecule has 0 aliphatic carbocycles. The number of carbonyl (C=O) groups is 1. The Morgan fingerprint density at radius 1 is 1.36 bits per heavy atom. The normalized spacial score (nSPS) is 18.4. The Kier molecular flexibility index (Phi) is 5.99. The number of ketones is 1. The van der Waals surface area contributed by atoms with Crippen LogP contribution in [-0.2, 0) is 11.2 Å². The first-order chi connectivity index (χ1) is 10.4. The molecule has 0 N–H and O–H groups in total. The fraction of sp³-hybridized carbons (Fsp3) is 0.611. The summed E-state index contributed by atoms with van der Waals surface area (Å²) in [5.74, 6) is -0.0911. The van der Waals surface area contributed by atoms with Crippen molar-refractivity contribution in [3.8, 4) is 0 Å². The maximum atomic E-state index is 13.7. The highest BCUT2D eigenvalue weighted by molar-refractivity contribution is 6.30. The van der Waals surface area contributed by atoms with Crippen molar-refractivity contribution in [2.45, 2.75) is 45.4 Å². The van der Waals surface area contributed by atoms with Gasteiger partial charge < -0.3 is 9.69 Å². The second kappa shape index (κ2) is 7.56.